The zero-order valence-corrected chi connectivity index (χ0v) is 9.81. The predicted octanol–water partition coefficient (Wildman–Crippen LogP) is 2.60. The van der Waals surface area contributed by atoms with E-state index >= 15 is 0 Å². The summed E-state index contributed by atoms with van der Waals surface area (Å²) in [5.74, 6) is -1.29. The van der Waals surface area contributed by atoms with Crippen LogP contribution in [0.4, 0.5) is 0 Å². The summed E-state index contributed by atoms with van der Waals surface area (Å²) in [6.45, 7) is 5.61. The highest BCUT2D eigenvalue weighted by Gasteiger charge is 2.19. The first-order valence-electron chi connectivity index (χ1n) is 4.68. The van der Waals surface area contributed by atoms with E-state index in [1.807, 2.05) is 32.9 Å². The van der Waals surface area contributed by atoms with Crippen LogP contribution >= 0.6 is 11.6 Å². The maximum atomic E-state index is 11.7. The van der Waals surface area contributed by atoms with Crippen molar-refractivity contribution in [2.45, 2.75) is 20.8 Å². The van der Waals surface area contributed by atoms with Crippen molar-refractivity contribution < 1.29 is 9.59 Å². The molecule has 0 heterocycles. The maximum absolute atomic E-state index is 11.7. The van der Waals surface area contributed by atoms with Gasteiger partial charge in [0, 0.05) is 5.56 Å². The molecule has 2 nitrogen and oxygen atoms in total. The molecule has 0 unspecified atom stereocenters. The smallest absolute Gasteiger partial charge is 0.230 e. The number of hydrogen-bond acceptors (Lipinski definition) is 2. The number of alkyl halides is 1. The van der Waals surface area contributed by atoms with Crippen molar-refractivity contribution in [3.05, 3.63) is 34.4 Å². The first-order chi connectivity index (χ1) is 6.97. The Morgan fingerprint density at radius 2 is 1.60 bits per heavy atom. The normalized spacial score (nSPS) is 10.1. The molecule has 0 fully saturated rings. The monoisotopic (exact) mass is 224 g/mol. The molecule has 0 radical (unpaired) electrons. The van der Waals surface area contributed by atoms with E-state index in [9.17, 15) is 9.59 Å². The molecule has 0 saturated heterocycles. The summed E-state index contributed by atoms with van der Waals surface area (Å²) in [4.78, 5) is 22.9. The number of carbonyl (C=O) groups is 2. The number of benzene rings is 1. The van der Waals surface area contributed by atoms with Gasteiger partial charge in [0.2, 0.25) is 11.6 Å². The number of Topliss-reactive ketones (excluding diaryl/α,β-unsaturated/α-hetero) is 2. The molecule has 0 N–H and O–H groups in total. The third kappa shape index (κ3) is 2.45. The van der Waals surface area contributed by atoms with E-state index in [-0.39, 0.29) is 5.88 Å². The van der Waals surface area contributed by atoms with E-state index in [0.717, 1.165) is 16.7 Å². The van der Waals surface area contributed by atoms with Gasteiger partial charge in [-0.15, -0.1) is 11.6 Å². The summed E-state index contributed by atoms with van der Waals surface area (Å²) in [5, 5.41) is 0. The first-order valence-corrected chi connectivity index (χ1v) is 5.22. The third-order valence-electron chi connectivity index (χ3n) is 2.28. The largest absolute Gasteiger partial charge is 0.289 e. The van der Waals surface area contributed by atoms with E-state index in [0.29, 0.717) is 5.56 Å². The lowest BCUT2D eigenvalue weighted by Crippen LogP contribution is -2.18. The van der Waals surface area contributed by atoms with Crippen LogP contribution in [0.25, 0.3) is 0 Å². The van der Waals surface area contributed by atoms with Gasteiger partial charge in [-0.3, -0.25) is 9.59 Å². The molecular weight excluding hydrogens is 212 g/mol. The van der Waals surface area contributed by atoms with Gasteiger partial charge >= 0.3 is 0 Å². The summed E-state index contributed by atoms with van der Waals surface area (Å²) in [6, 6.07) is 3.78. The number of carbonyl (C=O) groups excluding carboxylic acids is 2. The summed E-state index contributed by atoms with van der Waals surface area (Å²) in [6.07, 6.45) is 0. The van der Waals surface area contributed by atoms with Crippen molar-refractivity contribution in [1.82, 2.24) is 0 Å². The van der Waals surface area contributed by atoms with Crippen LogP contribution < -0.4 is 0 Å². The van der Waals surface area contributed by atoms with Crippen molar-refractivity contribution in [2.24, 2.45) is 0 Å². The fourth-order valence-corrected chi connectivity index (χ4v) is 1.86. The van der Waals surface area contributed by atoms with Gasteiger partial charge in [-0.1, -0.05) is 17.7 Å². The Hall–Kier alpha value is -1.15. The summed E-state index contributed by atoms with van der Waals surface area (Å²) in [5.41, 5.74) is 3.23. The van der Waals surface area contributed by atoms with Crippen molar-refractivity contribution >= 4 is 23.2 Å². The average molecular weight is 225 g/mol. The minimum atomic E-state index is -0.549. The number of hydrogen-bond donors (Lipinski definition) is 0. The second kappa shape index (κ2) is 4.58. The molecule has 0 amide bonds. The molecule has 0 spiro atoms. The van der Waals surface area contributed by atoms with Crippen molar-refractivity contribution in [3.63, 3.8) is 0 Å². The number of halogens is 1. The van der Waals surface area contributed by atoms with Crippen LogP contribution in [0.3, 0.4) is 0 Å². The Balaban J connectivity index is 3.26. The summed E-state index contributed by atoms with van der Waals surface area (Å²) in [7, 11) is 0. The van der Waals surface area contributed by atoms with Crippen LogP contribution in [0.2, 0.25) is 0 Å². The lowest BCUT2D eigenvalue weighted by molar-refractivity contribution is -0.112. The van der Waals surface area contributed by atoms with Gasteiger partial charge in [0.1, 0.15) is 0 Å². The van der Waals surface area contributed by atoms with Crippen molar-refractivity contribution in [3.8, 4) is 0 Å². The fourth-order valence-electron chi connectivity index (χ4n) is 1.74. The Kier molecular flexibility index (Phi) is 3.64. The van der Waals surface area contributed by atoms with E-state index in [2.05, 4.69) is 0 Å². The Labute approximate surface area is 94.2 Å². The minimum absolute atomic E-state index is 0.258. The van der Waals surface area contributed by atoms with E-state index in [4.69, 9.17) is 11.6 Å². The molecule has 0 aromatic heterocycles. The number of aryl methyl sites for hydroxylation is 3. The van der Waals surface area contributed by atoms with Gasteiger partial charge in [-0.2, -0.15) is 0 Å². The topological polar surface area (TPSA) is 34.1 Å². The van der Waals surface area contributed by atoms with Crippen LogP contribution in [-0.2, 0) is 4.79 Å². The molecule has 1 aromatic carbocycles. The van der Waals surface area contributed by atoms with Crippen molar-refractivity contribution in [1.29, 1.82) is 0 Å². The molecule has 0 bridgehead atoms. The van der Waals surface area contributed by atoms with Gasteiger partial charge in [0.15, 0.2) is 0 Å². The van der Waals surface area contributed by atoms with Crippen LogP contribution in [0.5, 0.6) is 0 Å². The Morgan fingerprint density at radius 1 is 1.13 bits per heavy atom. The highest BCUT2D eigenvalue weighted by Crippen LogP contribution is 2.17. The second-order valence-electron chi connectivity index (χ2n) is 3.66. The van der Waals surface area contributed by atoms with Crippen LogP contribution in [0.1, 0.15) is 27.0 Å². The zero-order chi connectivity index (χ0) is 11.6. The minimum Gasteiger partial charge on any atom is -0.289 e. The SMILES string of the molecule is Cc1cc(C)c(C(=O)C(=O)CCl)c(C)c1. The second-order valence-corrected chi connectivity index (χ2v) is 3.93. The van der Waals surface area contributed by atoms with Crippen LogP contribution in [-0.4, -0.2) is 17.4 Å². The molecule has 0 aliphatic rings. The quantitative estimate of drug-likeness (QED) is 0.449. The van der Waals surface area contributed by atoms with E-state index in [1.165, 1.54) is 0 Å². The van der Waals surface area contributed by atoms with Crippen LogP contribution in [0, 0.1) is 20.8 Å². The average Bonchev–Trinajstić information content (AvgIpc) is 2.14. The molecular formula is C12H13ClO2. The summed E-state index contributed by atoms with van der Waals surface area (Å²) >= 11 is 5.36. The standard InChI is InChI=1S/C12H13ClO2/c1-7-4-8(2)11(9(3)5-7)12(15)10(14)6-13/h4-5H,6H2,1-3H3. The maximum Gasteiger partial charge on any atom is 0.230 e. The van der Waals surface area contributed by atoms with Crippen molar-refractivity contribution in [2.75, 3.05) is 5.88 Å². The van der Waals surface area contributed by atoms with Crippen LogP contribution in [0.15, 0.2) is 12.1 Å². The lowest BCUT2D eigenvalue weighted by Gasteiger charge is -2.08. The van der Waals surface area contributed by atoms with Gasteiger partial charge in [0.05, 0.1) is 5.88 Å². The Morgan fingerprint density at radius 3 is 2.00 bits per heavy atom. The molecule has 0 aliphatic carbocycles. The Bertz CT molecular complexity index is 399. The van der Waals surface area contributed by atoms with Gasteiger partial charge in [0.25, 0.3) is 0 Å². The van der Waals surface area contributed by atoms with E-state index in [1.54, 1.807) is 0 Å². The molecule has 0 atom stereocenters. The van der Waals surface area contributed by atoms with E-state index < -0.39 is 11.6 Å². The molecule has 0 saturated carbocycles. The predicted molar refractivity (Wildman–Crippen MR) is 60.7 cm³/mol. The highest BCUT2D eigenvalue weighted by atomic mass is 35.5. The highest BCUT2D eigenvalue weighted by molar-refractivity contribution is 6.51. The summed E-state index contributed by atoms with van der Waals surface area (Å²) < 4.78 is 0. The van der Waals surface area contributed by atoms with Gasteiger partial charge in [-0.05, 0) is 31.9 Å². The fraction of sp³-hybridized carbons (Fsp3) is 0.333. The zero-order valence-electron chi connectivity index (χ0n) is 9.06. The number of rotatable bonds is 3. The third-order valence-corrected chi connectivity index (χ3v) is 2.52. The molecule has 0 aliphatic heterocycles. The lowest BCUT2D eigenvalue weighted by atomic mass is 9.95. The van der Waals surface area contributed by atoms with Gasteiger partial charge in [-0.25, -0.2) is 0 Å². The molecule has 1 rings (SSSR count). The van der Waals surface area contributed by atoms with Gasteiger partial charge < -0.3 is 0 Å². The molecule has 3 heteroatoms. The molecule has 15 heavy (non-hydrogen) atoms. The molecule has 1 aromatic rings. The number of ketones is 2. The molecule has 80 valence electrons. The first kappa shape index (κ1) is 11.9.